The Labute approximate surface area is 198 Å². The molecule has 173 valence electrons. The predicted molar refractivity (Wildman–Crippen MR) is 128 cm³/mol. The normalized spacial score (nSPS) is 14.0. The third-order valence-corrected chi connectivity index (χ3v) is 6.01. The van der Waals surface area contributed by atoms with Crippen molar-refractivity contribution < 1.29 is 19.1 Å². The van der Waals surface area contributed by atoms with Crippen LogP contribution in [0.25, 0.3) is 0 Å². The number of amides is 2. The van der Waals surface area contributed by atoms with Gasteiger partial charge in [-0.1, -0.05) is 0 Å². The number of nitrogens with zero attached hydrogens (tertiary/aromatic N) is 1. The number of hydrogen-bond acceptors (Lipinski definition) is 6. The van der Waals surface area contributed by atoms with Crippen molar-refractivity contribution in [3.63, 3.8) is 0 Å². The van der Waals surface area contributed by atoms with Crippen molar-refractivity contribution in [2.75, 3.05) is 12.3 Å². The quantitative estimate of drug-likeness (QED) is 0.294. The molecule has 1 radical (unpaired) electrons. The Balaban J connectivity index is 2.38. The zero-order valence-electron chi connectivity index (χ0n) is 19.1. The molecule has 0 saturated carbocycles. The fraction of sp³-hybridized carbons (Fsp3) is 0.591. The van der Waals surface area contributed by atoms with Crippen LogP contribution in [0.5, 0.6) is 0 Å². The molecule has 2 atom stereocenters. The SMILES string of the molecule is CC(C)[C@@H](CN=C([Se])SC[C@H](C)NC(=O)OCc1ccccc1)NC(=O)OC(C)(C)C. The number of alkyl carbamates (subject to hydrolysis) is 2. The number of nitrogens with one attached hydrogen (secondary N) is 2. The van der Waals surface area contributed by atoms with Gasteiger partial charge in [0.05, 0.1) is 0 Å². The van der Waals surface area contributed by atoms with Gasteiger partial charge >= 0.3 is 199 Å². The Morgan fingerprint density at radius 2 is 1.74 bits per heavy atom. The molecule has 31 heavy (non-hydrogen) atoms. The summed E-state index contributed by atoms with van der Waals surface area (Å²) < 4.78 is 11.3. The third kappa shape index (κ3) is 13.3. The van der Waals surface area contributed by atoms with Gasteiger partial charge in [0.15, 0.2) is 0 Å². The molecule has 2 amide bonds. The molecule has 0 fully saturated rings. The van der Waals surface area contributed by atoms with Crippen molar-refractivity contribution in [2.45, 2.75) is 65.8 Å². The van der Waals surface area contributed by atoms with E-state index in [1.807, 2.05) is 71.9 Å². The minimum atomic E-state index is -0.542. The van der Waals surface area contributed by atoms with E-state index >= 15 is 0 Å². The fourth-order valence-corrected chi connectivity index (χ4v) is 3.53. The van der Waals surface area contributed by atoms with E-state index < -0.39 is 17.8 Å². The average Bonchev–Trinajstić information content (AvgIpc) is 2.67. The molecule has 0 aliphatic carbocycles. The second-order valence-corrected chi connectivity index (χ2v) is 10.9. The van der Waals surface area contributed by atoms with Gasteiger partial charge in [0.25, 0.3) is 0 Å². The number of thioether (sulfide) groups is 1. The Kier molecular flexibility index (Phi) is 12.0. The van der Waals surface area contributed by atoms with Crippen LogP contribution in [0.1, 0.15) is 47.1 Å². The number of hydrogen-bond donors (Lipinski definition) is 2. The van der Waals surface area contributed by atoms with E-state index in [0.29, 0.717) is 12.3 Å². The maximum absolute atomic E-state index is 12.0. The van der Waals surface area contributed by atoms with Crippen molar-refractivity contribution in [3.8, 4) is 0 Å². The Morgan fingerprint density at radius 1 is 1.10 bits per heavy atom. The summed E-state index contributed by atoms with van der Waals surface area (Å²) in [5, 5.41) is 5.69. The molecule has 1 aromatic carbocycles. The minimum absolute atomic E-state index is 0.0902. The first-order chi connectivity index (χ1) is 14.5. The van der Waals surface area contributed by atoms with Crippen molar-refractivity contribution in [1.29, 1.82) is 0 Å². The van der Waals surface area contributed by atoms with Gasteiger partial charge in [-0.15, -0.1) is 0 Å². The van der Waals surface area contributed by atoms with E-state index in [-0.39, 0.29) is 24.6 Å². The molecule has 7 nitrogen and oxygen atoms in total. The van der Waals surface area contributed by atoms with Crippen LogP contribution in [0, 0.1) is 5.92 Å². The van der Waals surface area contributed by atoms with E-state index in [9.17, 15) is 9.59 Å². The maximum atomic E-state index is 12.0. The van der Waals surface area contributed by atoms with Crippen molar-refractivity contribution in [2.24, 2.45) is 10.9 Å². The molecular formula is C22H34N3O4SSe. The van der Waals surface area contributed by atoms with Crippen LogP contribution >= 0.6 is 11.8 Å². The molecule has 0 heterocycles. The Bertz CT molecular complexity index is 723. The van der Waals surface area contributed by atoms with Crippen LogP contribution in [0.15, 0.2) is 35.3 Å². The summed E-state index contributed by atoms with van der Waals surface area (Å²) in [7, 11) is 0. The third-order valence-electron chi connectivity index (χ3n) is 3.96. The van der Waals surface area contributed by atoms with Gasteiger partial charge in [0.1, 0.15) is 0 Å². The second kappa shape index (κ2) is 13.7. The molecule has 1 rings (SSSR count). The molecule has 0 aliphatic heterocycles. The van der Waals surface area contributed by atoms with Crippen LogP contribution in [0.2, 0.25) is 0 Å². The molecule has 0 aliphatic rings. The summed E-state index contributed by atoms with van der Waals surface area (Å²) in [6.45, 7) is 12.1. The number of benzene rings is 1. The van der Waals surface area contributed by atoms with Gasteiger partial charge in [0.2, 0.25) is 0 Å². The number of ether oxygens (including phenoxy) is 2. The van der Waals surface area contributed by atoms with Crippen molar-refractivity contribution in [3.05, 3.63) is 35.9 Å². The van der Waals surface area contributed by atoms with E-state index in [1.165, 1.54) is 11.8 Å². The fourth-order valence-electron chi connectivity index (χ4n) is 2.30. The predicted octanol–water partition coefficient (Wildman–Crippen LogP) is 4.11. The standard InChI is InChI=1S/C22H34N3O4SSe/c1-15(2)18(25-20(27)29-22(4,5)6)12-23-21(31)30-14-16(3)24-19(26)28-13-17-10-8-7-9-11-17/h7-11,15-16,18H,12-14H2,1-6H3,(H,24,26)(H,25,27)/t16-,18+/m0/s1. The average molecular weight is 516 g/mol. The first kappa shape index (κ1) is 27.3. The Morgan fingerprint density at radius 3 is 2.32 bits per heavy atom. The molecule has 0 bridgehead atoms. The monoisotopic (exact) mass is 516 g/mol. The van der Waals surface area contributed by atoms with Gasteiger partial charge in [0, 0.05) is 0 Å². The molecular weight excluding hydrogens is 481 g/mol. The molecule has 0 aromatic heterocycles. The topological polar surface area (TPSA) is 89.0 Å². The zero-order chi connectivity index (χ0) is 23.4. The summed E-state index contributed by atoms with van der Waals surface area (Å²) in [5.74, 6) is 0.840. The van der Waals surface area contributed by atoms with Crippen LogP contribution in [-0.2, 0) is 16.1 Å². The summed E-state index contributed by atoms with van der Waals surface area (Å²) >= 11 is 4.45. The van der Waals surface area contributed by atoms with Gasteiger partial charge in [-0.3, -0.25) is 0 Å². The zero-order valence-corrected chi connectivity index (χ0v) is 21.7. The van der Waals surface area contributed by atoms with Crippen molar-refractivity contribution in [1.82, 2.24) is 10.6 Å². The number of carbonyl (C=O) groups is 2. The van der Waals surface area contributed by atoms with Gasteiger partial charge < -0.3 is 0 Å². The van der Waals surface area contributed by atoms with E-state index in [2.05, 4.69) is 31.6 Å². The van der Waals surface area contributed by atoms with Gasteiger partial charge in [-0.05, 0) is 0 Å². The van der Waals surface area contributed by atoms with Crippen molar-refractivity contribution >= 4 is 43.9 Å². The van der Waals surface area contributed by atoms with Crippen LogP contribution < -0.4 is 10.6 Å². The molecule has 0 spiro atoms. The summed E-state index contributed by atoms with van der Waals surface area (Å²) in [5.41, 5.74) is 0.400. The molecule has 0 saturated heterocycles. The molecule has 9 heteroatoms. The molecule has 2 N–H and O–H groups in total. The first-order valence-electron chi connectivity index (χ1n) is 10.3. The van der Waals surface area contributed by atoms with E-state index in [1.54, 1.807) is 0 Å². The van der Waals surface area contributed by atoms with Crippen LogP contribution in [0.3, 0.4) is 0 Å². The van der Waals surface area contributed by atoms with E-state index in [0.717, 1.165) is 9.51 Å². The van der Waals surface area contributed by atoms with E-state index in [4.69, 9.17) is 9.47 Å². The summed E-state index contributed by atoms with van der Waals surface area (Å²) in [6.07, 6.45) is -0.889. The second-order valence-electron chi connectivity index (χ2n) is 8.52. The number of rotatable bonds is 9. The van der Waals surface area contributed by atoms with Gasteiger partial charge in [-0.25, -0.2) is 0 Å². The summed E-state index contributed by atoms with van der Waals surface area (Å²) in [4.78, 5) is 28.5. The van der Waals surface area contributed by atoms with Crippen LogP contribution in [-0.4, -0.2) is 62.1 Å². The molecule has 0 unspecified atom stereocenters. The Hall–Kier alpha value is -1.70. The number of aliphatic imine (C=N–C) groups is 1. The first-order valence-corrected chi connectivity index (χ1v) is 12.1. The number of carbonyl (C=O) groups excluding carboxylic acids is 2. The van der Waals surface area contributed by atoms with Crippen LogP contribution in [0.4, 0.5) is 9.59 Å². The van der Waals surface area contributed by atoms with Gasteiger partial charge in [-0.2, -0.15) is 0 Å². The molecule has 1 aromatic rings. The summed E-state index contributed by atoms with van der Waals surface area (Å²) in [6, 6.07) is 9.31.